The van der Waals surface area contributed by atoms with Crippen molar-refractivity contribution >= 4 is 26.0 Å². The zero-order valence-corrected chi connectivity index (χ0v) is 23.3. The molecule has 1 amide bonds. The second kappa shape index (κ2) is 13.3. The molecule has 0 saturated carbocycles. The van der Waals surface area contributed by atoms with Gasteiger partial charge in [-0.1, -0.05) is 30.8 Å². The minimum Gasteiger partial charge on any atom is -0.396 e. The molecule has 0 bridgehead atoms. The largest absolute Gasteiger partial charge is 0.416 e. The highest BCUT2D eigenvalue weighted by Gasteiger charge is 2.33. The van der Waals surface area contributed by atoms with Gasteiger partial charge in [-0.2, -0.15) is 17.5 Å². The summed E-state index contributed by atoms with van der Waals surface area (Å²) in [6.07, 6.45) is -3.75. The molecule has 9 nitrogen and oxygen atoms in total. The molecule has 0 aromatic heterocycles. The Morgan fingerprint density at radius 1 is 1.07 bits per heavy atom. The van der Waals surface area contributed by atoms with Gasteiger partial charge in [0.2, 0.25) is 26.0 Å². The van der Waals surface area contributed by atoms with Gasteiger partial charge >= 0.3 is 6.18 Å². The Bertz CT molecular complexity index is 1380. The molecule has 1 heterocycles. The number of halogens is 3. The number of carbonyl (C=O) groups is 1. The van der Waals surface area contributed by atoms with Crippen LogP contribution in [0.3, 0.4) is 0 Å². The van der Waals surface area contributed by atoms with Gasteiger partial charge in [-0.25, -0.2) is 21.6 Å². The molecule has 3 rings (SSSR count). The summed E-state index contributed by atoms with van der Waals surface area (Å²) >= 11 is 0. The number of alkyl halides is 3. The van der Waals surface area contributed by atoms with Crippen molar-refractivity contribution in [2.24, 2.45) is 5.92 Å². The Morgan fingerprint density at radius 3 is 2.27 bits per heavy atom. The molecule has 1 saturated heterocycles. The maximum atomic E-state index is 13.1. The standard InChI is InChI=1S/C26H32F3N3O6S2/c1-2-39(35,36)30-17-22-12-14-32(19-22)40(37,38)24-10-6-20(7-11-24)16-25(34)31(13-3-15-33)18-21-4-8-23(9-5-21)26(27,28)29/h2,4-11,22,30,33H,1,3,12-19H2/t22-/m1/s1. The Morgan fingerprint density at radius 2 is 1.70 bits per heavy atom. The van der Waals surface area contributed by atoms with E-state index in [9.17, 15) is 39.9 Å². The number of aliphatic hydroxyl groups excluding tert-OH is 1. The van der Waals surface area contributed by atoms with E-state index in [0.29, 0.717) is 17.5 Å². The quantitative estimate of drug-likeness (QED) is 0.363. The first-order valence-corrected chi connectivity index (χ1v) is 15.5. The van der Waals surface area contributed by atoms with E-state index in [1.807, 2.05) is 0 Å². The first-order valence-electron chi connectivity index (χ1n) is 12.5. The molecule has 40 heavy (non-hydrogen) atoms. The summed E-state index contributed by atoms with van der Waals surface area (Å²) in [5.41, 5.74) is 0.256. The van der Waals surface area contributed by atoms with Crippen LogP contribution in [-0.2, 0) is 44.0 Å². The fourth-order valence-corrected chi connectivity index (χ4v) is 6.38. The van der Waals surface area contributed by atoms with Crippen molar-refractivity contribution < 1.29 is 39.9 Å². The number of benzene rings is 2. The first-order chi connectivity index (χ1) is 18.7. The van der Waals surface area contributed by atoms with Gasteiger partial charge in [0.1, 0.15) is 0 Å². The number of amides is 1. The molecule has 2 aromatic rings. The summed E-state index contributed by atoms with van der Waals surface area (Å²) in [6, 6.07) is 10.4. The maximum Gasteiger partial charge on any atom is 0.416 e. The fourth-order valence-electron chi connectivity index (χ4n) is 4.26. The van der Waals surface area contributed by atoms with Crippen LogP contribution in [0.4, 0.5) is 13.2 Å². The van der Waals surface area contributed by atoms with Crippen molar-refractivity contribution in [2.45, 2.75) is 36.9 Å². The van der Waals surface area contributed by atoms with Crippen LogP contribution >= 0.6 is 0 Å². The van der Waals surface area contributed by atoms with Crippen molar-refractivity contribution in [1.29, 1.82) is 0 Å². The third-order valence-electron chi connectivity index (χ3n) is 6.55. The van der Waals surface area contributed by atoms with E-state index in [2.05, 4.69) is 11.3 Å². The number of nitrogens with zero attached hydrogens (tertiary/aromatic N) is 2. The minimum atomic E-state index is -4.47. The average Bonchev–Trinajstić information content (AvgIpc) is 3.40. The monoisotopic (exact) mass is 603 g/mol. The van der Waals surface area contributed by atoms with Crippen molar-refractivity contribution in [3.05, 3.63) is 77.2 Å². The van der Waals surface area contributed by atoms with E-state index >= 15 is 0 Å². The minimum absolute atomic E-state index is 0.0397. The fraction of sp³-hybridized carbons (Fsp3) is 0.423. The SMILES string of the molecule is C=CS(=O)(=O)NC[C@H]1CCN(S(=O)(=O)c2ccc(CC(=O)N(CCCO)Cc3ccc(C(F)(F)F)cc3)cc2)C1. The summed E-state index contributed by atoms with van der Waals surface area (Å²) in [5.74, 6) is -0.510. The van der Waals surface area contributed by atoms with Gasteiger partial charge in [-0.05, 0) is 54.2 Å². The van der Waals surface area contributed by atoms with Crippen LogP contribution in [0.1, 0.15) is 29.5 Å². The molecule has 1 atom stereocenters. The van der Waals surface area contributed by atoms with E-state index in [1.54, 1.807) is 0 Å². The van der Waals surface area contributed by atoms with Crippen LogP contribution in [0.15, 0.2) is 65.4 Å². The molecule has 0 aliphatic carbocycles. The first kappa shape index (κ1) is 31.7. The molecule has 1 aliphatic heterocycles. The average molecular weight is 604 g/mol. The van der Waals surface area contributed by atoms with Crippen molar-refractivity contribution in [1.82, 2.24) is 13.9 Å². The van der Waals surface area contributed by atoms with E-state index in [1.165, 1.54) is 45.6 Å². The summed E-state index contributed by atoms with van der Waals surface area (Å²) < 4.78 is 91.5. The third-order valence-corrected chi connectivity index (χ3v) is 9.44. The van der Waals surface area contributed by atoms with Crippen LogP contribution in [0.25, 0.3) is 0 Å². The van der Waals surface area contributed by atoms with Gasteiger partial charge < -0.3 is 10.0 Å². The lowest BCUT2D eigenvalue weighted by atomic mass is 10.1. The molecule has 1 fully saturated rings. The Labute approximate surface area is 232 Å². The molecule has 0 unspecified atom stereocenters. The lowest BCUT2D eigenvalue weighted by molar-refractivity contribution is -0.137. The van der Waals surface area contributed by atoms with Gasteiger partial charge in [0, 0.05) is 44.7 Å². The van der Waals surface area contributed by atoms with Gasteiger partial charge in [0.05, 0.1) is 16.9 Å². The Kier molecular flexibility index (Phi) is 10.5. The molecule has 1 aliphatic rings. The van der Waals surface area contributed by atoms with Crippen molar-refractivity contribution in [3.8, 4) is 0 Å². The second-order valence-corrected chi connectivity index (χ2v) is 13.1. The number of carbonyl (C=O) groups excluding carboxylic acids is 1. The zero-order valence-electron chi connectivity index (χ0n) is 21.7. The molecular weight excluding hydrogens is 571 g/mol. The van der Waals surface area contributed by atoms with E-state index in [4.69, 9.17) is 0 Å². The number of aliphatic hydroxyl groups is 1. The summed E-state index contributed by atoms with van der Waals surface area (Å²) in [6.45, 7) is 3.81. The lowest BCUT2D eigenvalue weighted by Crippen LogP contribution is -2.33. The number of nitrogens with one attached hydrogen (secondary N) is 1. The summed E-state index contributed by atoms with van der Waals surface area (Å²) in [7, 11) is -7.43. The Balaban J connectivity index is 1.63. The van der Waals surface area contributed by atoms with Gasteiger partial charge in [-0.3, -0.25) is 4.79 Å². The van der Waals surface area contributed by atoms with Gasteiger partial charge in [0.25, 0.3) is 0 Å². The zero-order chi connectivity index (χ0) is 29.6. The van der Waals surface area contributed by atoms with Crippen LogP contribution in [-0.4, -0.2) is 69.8 Å². The molecule has 220 valence electrons. The number of hydrogen-bond donors (Lipinski definition) is 2. The second-order valence-electron chi connectivity index (χ2n) is 9.49. The van der Waals surface area contributed by atoms with E-state index in [0.717, 1.165) is 17.5 Å². The van der Waals surface area contributed by atoms with Crippen LogP contribution in [0.5, 0.6) is 0 Å². The smallest absolute Gasteiger partial charge is 0.396 e. The summed E-state index contributed by atoms with van der Waals surface area (Å²) in [4.78, 5) is 14.5. The summed E-state index contributed by atoms with van der Waals surface area (Å²) in [5, 5.41) is 10.0. The molecular formula is C26H32F3N3O6S2. The molecule has 2 N–H and O–H groups in total. The van der Waals surface area contributed by atoms with Gasteiger partial charge in [0.15, 0.2) is 0 Å². The van der Waals surface area contributed by atoms with E-state index in [-0.39, 0.29) is 68.9 Å². The maximum absolute atomic E-state index is 13.1. The van der Waals surface area contributed by atoms with Crippen LogP contribution < -0.4 is 4.72 Å². The topological polar surface area (TPSA) is 124 Å². The lowest BCUT2D eigenvalue weighted by Gasteiger charge is -2.23. The molecule has 2 aromatic carbocycles. The van der Waals surface area contributed by atoms with Crippen molar-refractivity contribution in [2.75, 3.05) is 32.8 Å². The normalized spacial score (nSPS) is 16.6. The van der Waals surface area contributed by atoms with Gasteiger partial charge in [-0.15, -0.1) is 0 Å². The molecule has 0 spiro atoms. The predicted octanol–water partition coefficient (Wildman–Crippen LogP) is 2.73. The highest BCUT2D eigenvalue weighted by Crippen LogP contribution is 2.29. The van der Waals surface area contributed by atoms with Crippen LogP contribution in [0, 0.1) is 5.92 Å². The highest BCUT2D eigenvalue weighted by molar-refractivity contribution is 7.92. The third kappa shape index (κ3) is 8.61. The molecule has 0 radical (unpaired) electrons. The van der Waals surface area contributed by atoms with Crippen molar-refractivity contribution in [3.63, 3.8) is 0 Å². The predicted molar refractivity (Wildman–Crippen MR) is 143 cm³/mol. The number of hydrogen-bond acceptors (Lipinski definition) is 6. The number of sulfonamides is 2. The number of rotatable bonds is 13. The highest BCUT2D eigenvalue weighted by atomic mass is 32.2. The van der Waals surface area contributed by atoms with Crippen LogP contribution in [0.2, 0.25) is 0 Å². The van der Waals surface area contributed by atoms with E-state index < -0.39 is 31.8 Å². The Hall–Kier alpha value is -2.78. The molecule has 14 heteroatoms.